The zero-order valence-electron chi connectivity index (χ0n) is 33.6. The van der Waals surface area contributed by atoms with E-state index < -0.39 is 0 Å². The lowest BCUT2D eigenvalue weighted by atomic mass is 9.96. The van der Waals surface area contributed by atoms with Gasteiger partial charge in [-0.15, -0.1) is 0 Å². The molecule has 0 spiro atoms. The zero-order chi connectivity index (χ0) is 41.0. The van der Waals surface area contributed by atoms with Crippen LogP contribution in [0.3, 0.4) is 0 Å². The molecule has 0 saturated heterocycles. The summed E-state index contributed by atoms with van der Waals surface area (Å²) in [4.78, 5) is 16.0. The predicted molar refractivity (Wildman–Crippen MR) is 256 cm³/mol. The van der Waals surface area contributed by atoms with Crippen molar-refractivity contribution in [1.82, 2.24) is 24.1 Å². The first-order valence-corrected chi connectivity index (χ1v) is 20.9. The van der Waals surface area contributed by atoms with Crippen LogP contribution in [0.15, 0.2) is 224 Å². The maximum absolute atomic E-state index is 5.34. The van der Waals surface area contributed by atoms with E-state index in [1.54, 1.807) is 0 Å². The summed E-state index contributed by atoms with van der Waals surface area (Å²) >= 11 is 0. The zero-order valence-corrected chi connectivity index (χ0v) is 33.6. The van der Waals surface area contributed by atoms with E-state index in [0.717, 1.165) is 83.2 Å². The maximum atomic E-state index is 5.34. The van der Waals surface area contributed by atoms with Crippen LogP contribution in [0.5, 0.6) is 0 Å². The molecule has 0 aliphatic carbocycles. The first-order valence-electron chi connectivity index (χ1n) is 20.9. The molecule has 0 amide bonds. The van der Waals surface area contributed by atoms with Crippen LogP contribution in [0.25, 0.3) is 111 Å². The highest BCUT2D eigenvalue weighted by Gasteiger charge is 2.19. The topological polar surface area (TPSA) is 48.5 Å². The lowest BCUT2D eigenvalue weighted by Gasteiger charge is -2.13. The molecule has 0 N–H and O–H groups in total. The van der Waals surface area contributed by atoms with Crippen LogP contribution in [-0.2, 0) is 0 Å². The number of nitrogens with zero attached hydrogens (tertiary/aromatic N) is 5. The summed E-state index contributed by atoms with van der Waals surface area (Å²) in [6.07, 6.45) is 0. The molecule has 12 aromatic rings. The molecular weight excluding hydrogens is 755 g/mol. The van der Waals surface area contributed by atoms with Gasteiger partial charge in [0.05, 0.1) is 22.1 Å². The minimum atomic E-state index is 0.610. The summed E-state index contributed by atoms with van der Waals surface area (Å²) in [7, 11) is 0. The van der Waals surface area contributed by atoms with Gasteiger partial charge in [0.15, 0.2) is 17.5 Å². The number of benzene rings is 9. The second kappa shape index (κ2) is 14.7. The van der Waals surface area contributed by atoms with Crippen molar-refractivity contribution in [3.63, 3.8) is 0 Å². The molecule has 9 aromatic carbocycles. The van der Waals surface area contributed by atoms with Gasteiger partial charge in [0.1, 0.15) is 0 Å². The van der Waals surface area contributed by atoms with Gasteiger partial charge in [0, 0.05) is 49.6 Å². The van der Waals surface area contributed by atoms with Crippen LogP contribution < -0.4 is 0 Å². The van der Waals surface area contributed by atoms with Gasteiger partial charge in [0.25, 0.3) is 0 Å². The summed E-state index contributed by atoms with van der Waals surface area (Å²) in [5, 5.41) is 4.62. The smallest absolute Gasteiger partial charge is 0.164 e. The minimum absolute atomic E-state index is 0.610. The monoisotopic (exact) mass is 791 g/mol. The van der Waals surface area contributed by atoms with Crippen molar-refractivity contribution in [3.8, 4) is 67.8 Å². The van der Waals surface area contributed by atoms with Crippen LogP contribution in [-0.4, -0.2) is 24.1 Å². The van der Waals surface area contributed by atoms with E-state index in [9.17, 15) is 0 Å². The van der Waals surface area contributed by atoms with Crippen molar-refractivity contribution < 1.29 is 0 Å². The third kappa shape index (κ3) is 6.06. The molecule has 0 atom stereocenters. The normalized spacial score (nSPS) is 11.5. The highest BCUT2D eigenvalue weighted by Crippen LogP contribution is 2.38. The van der Waals surface area contributed by atoms with Gasteiger partial charge in [-0.3, -0.25) is 0 Å². The molecule has 290 valence electrons. The Morgan fingerprint density at radius 1 is 0.226 bits per heavy atom. The number of rotatable bonds is 7. The Morgan fingerprint density at radius 2 is 0.565 bits per heavy atom. The number of para-hydroxylation sites is 4. The van der Waals surface area contributed by atoms with Crippen LogP contribution >= 0.6 is 0 Å². The molecular formula is C57H37N5. The summed E-state index contributed by atoms with van der Waals surface area (Å²) in [5.74, 6) is 1.84. The summed E-state index contributed by atoms with van der Waals surface area (Å²) in [5.41, 5.74) is 14.0. The molecule has 0 saturated carbocycles. The quantitative estimate of drug-likeness (QED) is 0.162. The number of aromatic nitrogens is 5. The molecule has 5 nitrogen and oxygen atoms in total. The average Bonchev–Trinajstić information content (AvgIpc) is 3.87. The van der Waals surface area contributed by atoms with E-state index in [-0.39, 0.29) is 0 Å². The fourth-order valence-electron chi connectivity index (χ4n) is 9.05. The number of hydrogen-bond donors (Lipinski definition) is 0. The summed E-state index contributed by atoms with van der Waals surface area (Å²) in [6.45, 7) is 0. The first kappa shape index (κ1) is 35.5. The van der Waals surface area contributed by atoms with Crippen molar-refractivity contribution in [2.24, 2.45) is 0 Å². The number of hydrogen-bond acceptors (Lipinski definition) is 3. The second-order valence-corrected chi connectivity index (χ2v) is 15.7. The SMILES string of the molecule is c1ccc(-c2cc(-c3ccccc3)cc(-c3nc(-c4ccc5c(c4)c4ccccc4n5-c4ccccc4)nc(-c4ccc5c(c4)c4ccccc4n5-c4ccccc4)n3)c2)cc1. The molecule has 5 heteroatoms. The van der Waals surface area contributed by atoms with Crippen molar-refractivity contribution >= 4 is 43.6 Å². The molecule has 62 heavy (non-hydrogen) atoms. The van der Waals surface area contributed by atoms with Crippen LogP contribution in [0, 0.1) is 0 Å². The van der Waals surface area contributed by atoms with E-state index in [0.29, 0.717) is 17.5 Å². The van der Waals surface area contributed by atoms with E-state index in [1.807, 2.05) is 0 Å². The molecule has 3 heterocycles. The fourth-order valence-corrected chi connectivity index (χ4v) is 9.05. The van der Waals surface area contributed by atoms with Crippen LogP contribution in [0.4, 0.5) is 0 Å². The highest BCUT2D eigenvalue weighted by molar-refractivity contribution is 6.11. The van der Waals surface area contributed by atoms with E-state index in [1.165, 1.54) is 10.8 Å². The van der Waals surface area contributed by atoms with E-state index >= 15 is 0 Å². The average molecular weight is 792 g/mol. The molecule has 0 fully saturated rings. The Labute approximate surface area is 358 Å². The van der Waals surface area contributed by atoms with Gasteiger partial charge in [-0.1, -0.05) is 133 Å². The standard InChI is InChI=1S/C57H37N5/c1-5-17-38(18-6-1)42-33-43(39-19-7-2-8-20-39)35-44(34-42)57-59-55(40-29-31-53-49(36-40)47-25-13-15-27-51(47)61(53)45-21-9-3-10-22-45)58-56(60-57)41-30-32-54-50(37-41)48-26-14-16-28-52(48)62(54)46-23-11-4-12-24-46/h1-37H. The Hall–Kier alpha value is -8.41. The van der Waals surface area contributed by atoms with Crippen molar-refractivity contribution in [1.29, 1.82) is 0 Å². The van der Waals surface area contributed by atoms with Crippen LogP contribution in [0.2, 0.25) is 0 Å². The molecule has 0 aliphatic heterocycles. The third-order valence-electron chi connectivity index (χ3n) is 11.9. The Kier molecular flexibility index (Phi) is 8.42. The first-order chi connectivity index (χ1) is 30.7. The Morgan fingerprint density at radius 3 is 1.00 bits per heavy atom. The largest absolute Gasteiger partial charge is 0.309 e. The fraction of sp³-hybridized carbons (Fsp3) is 0. The Bertz CT molecular complexity index is 3380. The summed E-state index contributed by atoms with van der Waals surface area (Å²) in [6, 6.07) is 79.2. The lowest BCUT2D eigenvalue weighted by molar-refractivity contribution is 1.07. The molecule has 3 aromatic heterocycles. The van der Waals surface area contributed by atoms with Gasteiger partial charge in [-0.25, -0.2) is 15.0 Å². The van der Waals surface area contributed by atoms with Gasteiger partial charge in [0.2, 0.25) is 0 Å². The Balaban J connectivity index is 1.10. The predicted octanol–water partition coefficient (Wildman–Crippen LogP) is 14.4. The third-order valence-corrected chi connectivity index (χ3v) is 11.9. The maximum Gasteiger partial charge on any atom is 0.164 e. The van der Waals surface area contributed by atoms with Gasteiger partial charge in [-0.2, -0.15) is 0 Å². The molecule has 0 unspecified atom stereocenters. The second-order valence-electron chi connectivity index (χ2n) is 15.7. The van der Waals surface area contributed by atoms with Crippen molar-refractivity contribution in [2.45, 2.75) is 0 Å². The molecule has 12 rings (SSSR count). The van der Waals surface area contributed by atoms with Gasteiger partial charge >= 0.3 is 0 Å². The molecule has 0 bridgehead atoms. The van der Waals surface area contributed by atoms with Crippen molar-refractivity contribution in [2.75, 3.05) is 0 Å². The van der Waals surface area contributed by atoms with Crippen LogP contribution in [0.1, 0.15) is 0 Å². The van der Waals surface area contributed by atoms with E-state index in [4.69, 9.17) is 15.0 Å². The molecule has 0 aliphatic rings. The lowest BCUT2D eigenvalue weighted by Crippen LogP contribution is -2.01. The highest BCUT2D eigenvalue weighted by atomic mass is 15.0. The number of fused-ring (bicyclic) bond motifs is 6. The van der Waals surface area contributed by atoms with Gasteiger partial charge < -0.3 is 9.13 Å². The molecule has 0 radical (unpaired) electrons. The summed E-state index contributed by atoms with van der Waals surface area (Å²) < 4.78 is 4.67. The van der Waals surface area contributed by atoms with Crippen molar-refractivity contribution in [3.05, 3.63) is 224 Å². The van der Waals surface area contributed by atoms with E-state index in [2.05, 4.69) is 234 Å². The van der Waals surface area contributed by atoms with Gasteiger partial charge in [-0.05, 0) is 113 Å². The minimum Gasteiger partial charge on any atom is -0.309 e.